The molecule has 72 valence electrons. The highest BCUT2D eigenvalue weighted by Crippen LogP contribution is 2.17. The molecule has 12 heavy (non-hydrogen) atoms. The Bertz CT molecular complexity index is 122. The van der Waals surface area contributed by atoms with Crippen LogP contribution in [0.3, 0.4) is 0 Å². The highest BCUT2D eigenvalue weighted by atomic mass is 16.6. The molecule has 0 unspecified atom stereocenters. The van der Waals surface area contributed by atoms with E-state index in [2.05, 4.69) is 0 Å². The smallest absolute Gasteiger partial charge is 0.450 e. The number of hydrogen-bond donors (Lipinski definition) is 4. The van der Waals surface area contributed by atoms with Gasteiger partial charge < -0.3 is 20.4 Å². The van der Waals surface area contributed by atoms with Gasteiger partial charge in [0.2, 0.25) is 0 Å². The van der Waals surface area contributed by atoms with Gasteiger partial charge in [0.1, 0.15) is 0 Å². The molecule has 2 atom stereocenters. The Balaban J connectivity index is 0.000000261. The van der Waals surface area contributed by atoms with Gasteiger partial charge >= 0.3 is 6.16 Å². The van der Waals surface area contributed by atoms with E-state index >= 15 is 0 Å². The highest BCUT2D eigenvalue weighted by molar-refractivity contribution is 5.53. The van der Waals surface area contributed by atoms with Gasteiger partial charge in [-0.3, -0.25) is 0 Å². The summed E-state index contributed by atoms with van der Waals surface area (Å²) in [5, 5.41) is 31.8. The Morgan fingerprint density at radius 3 is 1.42 bits per heavy atom. The first-order valence-corrected chi connectivity index (χ1v) is 3.82. The van der Waals surface area contributed by atoms with Crippen LogP contribution in [0.25, 0.3) is 0 Å². The van der Waals surface area contributed by atoms with Gasteiger partial charge in [0.05, 0.1) is 12.2 Å². The van der Waals surface area contributed by atoms with E-state index in [-0.39, 0.29) is 0 Å². The fraction of sp³-hybridized carbons (Fsp3) is 0.857. The molecule has 1 aliphatic rings. The summed E-state index contributed by atoms with van der Waals surface area (Å²) in [7, 11) is 0. The van der Waals surface area contributed by atoms with Gasteiger partial charge in [0.25, 0.3) is 0 Å². The molecule has 0 aromatic heterocycles. The van der Waals surface area contributed by atoms with E-state index in [0.717, 1.165) is 25.7 Å². The normalized spacial score (nSPS) is 28.5. The molecule has 4 N–H and O–H groups in total. The van der Waals surface area contributed by atoms with E-state index < -0.39 is 18.4 Å². The minimum absolute atomic E-state index is 0.441. The Kier molecular flexibility index (Phi) is 5.40. The van der Waals surface area contributed by atoms with Crippen LogP contribution in [0.5, 0.6) is 0 Å². The van der Waals surface area contributed by atoms with Crippen molar-refractivity contribution in [1.29, 1.82) is 0 Å². The zero-order chi connectivity index (χ0) is 9.56. The van der Waals surface area contributed by atoms with Crippen LogP contribution in [-0.4, -0.2) is 38.8 Å². The second-order valence-electron chi connectivity index (χ2n) is 2.70. The van der Waals surface area contributed by atoms with Crippen molar-refractivity contribution in [1.82, 2.24) is 0 Å². The molecule has 1 fully saturated rings. The van der Waals surface area contributed by atoms with Crippen LogP contribution >= 0.6 is 0 Å². The lowest BCUT2D eigenvalue weighted by Gasteiger charge is -2.22. The molecule has 0 aromatic rings. The molecule has 0 radical (unpaired) electrons. The molecule has 0 aliphatic heterocycles. The maximum atomic E-state index is 8.93. The summed E-state index contributed by atoms with van der Waals surface area (Å²) in [6, 6.07) is 0. The van der Waals surface area contributed by atoms with Crippen molar-refractivity contribution in [2.45, 2.75) is 37.9 Å². The molecule has 1 saturated carbocycles. The van der Waals surface area contributed by atoms with E-state index in [4.69, 9.17) is 25.2 Å². The lowest BCUT2D eigenvalue weighted by Crippen LogP contribution is -2.28. The Labute approximate surface area is 70.3 Å². The van der Waals surface area contributed by atoms with Crippen LogP contribution in [0.15, 0.2) is 0 Å². The molecular weight excluding hydrogens is 164 g/mol. The fourth-order valence-electron chi connectivity index (χ4n) is 1.09. The number of carbonyl (C=O) groups is 1. The largest absolute Gasteiger partial charge is 0.503 e. The molecule has 0 saturated heterocycles. The molecule has 0 heterocycles. The molecule has 0 bridgehead atoms. The third-order valence-corrected chi connectivity index (χ3v) is 1.69. The summed E-state index contributed by atoms with van der Waals surface area (Å²) >= 11 is 0. The SMILES string of the molecule is O=C(O)O.O[C@H]1CCCC[C@@H]1O. The standard InChI is InChI=1S/C6H12O2.CH2O3/c7-5-3-1-2-4-6(5)8;2-1(3)4/h5-8H,1-4H2;(H2,2,3,4)/t5-,6-;/m0./s1. The third-order valence-electron chi connectivity index (χ3n) is 1.69. The maximum Gasteiger partial charge on any atom is 0.503 e. The summed E-state index contributed by atoms with van der Waals surface area (Å²) in [5.74, 6) is 0. The number of aliphatic hydroxyl groups is 2. The van der Waals surface area contributed by atoms with Crippen LogP contribution in [0.1, 0.15) is 25.7 Å². The van der Waals surface area contributed by atoms with Crippen molar-refractivity contribution in [3.8, 4) is 0 Å². The maximum absolute atomic E-state index is 8.93. The van der Waals surface area contributed by atoms with Gasteiger partial charge in [-0.05, 0) is 12.8 Å². The minimum Gasteiger partial charge on any atom is -0.450 e. The Morgan fingerprint density at radius 1 is 1.00 bits per heavy atom. The molecule has 0 aromatic carbocycles. The van der Waals surface area contributed by atoms with Gasteiger partial charge in [-0.1, -0.05) is 12.8 Å². The van der Waals surface area contributed by atoms with Gasteiger partial charge in [-0.15, -0.1) is 0 Å². The number of aliphatic hydroxyl groups excluding tert-OH is 2. The molecule has 0 amide bonds. The van der Waals surface area contributed by atoms with Crippen molar-refractivity contribution in [2.24, 2.45) is 0 Å². The van der Waals surface area contributed by atoms with Crippen LogP contribution in [0.4, 0.5) is 4.79 Å². The van der Waals surface area contributed by atoms with Crippen molar-refractivity contribution in [3.05, 3.63) is 0 Å². The van der Waals surface area contributed by atoms with Crippen molar-refractivity contribution >= 4 is 6.16 Å². The van der Waals surface area contributed by atoms with Crippen molar-refractivity contribution < 1.29 is 25.2 Å². The molecule has 0 spiro atoms. The van der Waals surface area contributed by atoms with E-state index in [9.17, 15) is 0 Å². The fourth-order valence-corrected chi connectivity index (χ4v) is 1.09. The van der Waals surface area contributed by atoms with Crippen molar-refractivity contribution in [2.75, 3.05) is 0 Å². The first-order valence-electron chi connectivity index (χ1n) is 3.82. The highest BCUT2D eigenvalue weighted by Gasteiger charge is 2.19. The Morgan fingerprint density at radius 2 is 1.25 bits per heavy atom. The summed E-state index contributed by atoms with van der Waals surface area (Å²) in [6.45, 7) is 0. The first kappa shape index (κ1) is 11.2. The van der Waals surface area contributed by atoms with E-state index in [1.807, 2.05) is 0 Å². The number of rotatable bonds is 0. The van der Waals surface area contributed by atoms with Crippen LogP contribution in [-0.2, 0) is 0 Å². The molecule has 5 nitrogen and oxygen atoms in total. The van der Waals surface area contributed by atoms with Crippen LogP contribution in [0, 0.1) is 0 Å². The van der Waals surface area contributed by atoms with E-state index in [1.54, 1.807) is 0 Å². The van der Waals surface area contributed by atoms with E-state index in [0.29, 0.717) is 0 Å². The molecule has 1 aliphatic carbocycles. The summed E-state index contributed by atoms with van der Waals surface area (Å²) in [4.78, 5) is 8.56. The zero-order valence-electron chi connectivity index (χ0n) is 6.68. The van der Waals surface area contributed by atoms with E-state index in [1.165, 1.54) is 0 Å². The van der Waals surface area contributed by atoms with Gasteiger partial charge in [-0.2, -0.15) is 0 Å². The summed E-state index contributed by atoms with van der Waals surface area (Å²) < 4.78 is 0. The average Bonchev–Trinajstić information content (AvgIpc) is 1.94. The number of carboxylic acid groups (broad SMARTS) is 2. The predicted octanol–water partition coefficient (Wildman–Crippen LogP) is 0.505. The third kappa shape index (κ3) is 5.94. The minimum atomic E-state index is -1.83. The van der Waals surface area contributed by atoms with Gasteiger partial charge in [0, 0.05) is 0 Å². The molecule has 5 heteroatoms. The predicted molar refractivity (Wildman–Crippen MR) is 41.1 cm³/mol. The molecule has 1 rings (SSSR count). The van der Waals surface area contributed by atoms with Gasteiger partial charge in [0.15, 0.2) is 0 Å². The van der Waals surface area contributed by atoms with Crippen LogP contribution in [0.2, 0.25) is 0 Å². The van der Waals surface area contributed by atoms with Gasteiger partial charge in [-0.25, -0.2) is 4.79 Å². The lowest BCUT2D eigenvalue weighted by atomic mass is 9.95. The second-order valence-corrected chi connectivity index (χ2v) is 2.70. The lowest BCUT2D eigenvalue weighted by molar-refractivity contribution is -0.00865. The Hall–Kier alpha value is -0.810. The molecular formula is C7H14O5. The number of hydrogen-bond acceptors (Lipinski definition) is 3. The van der Waals surface area contributed by atoms with Crippen LogP contribution < -0.4 is 0 Å². The zero-order valence-corrected chi connectivity index (χ0v) is 6.68. The second kappa shape index (κ2) is 5.79. The monoisotopic (exact) mass is 178 g/mol. The quantitative estimate of drug-likeness (QED) is 0.433. The van der Waals surface area contributed by atoms with Crippen molar-refractivity contribution in [3.63, 3.8) is 0 Å². The topological polar surface area (TPSA) is 98.0 Å². The first-order chi connectivity index (χ1) is 5.54. The average molecular weight is 178 g/mol. The summed E-state index contributed by atoms with van der Waals surface area (Å²) in [6.07, 6.45) is 0.978. The summed E-state index contributed by atoms with van der Waals surface area (Å²) in [5.41, 5.74) is 0.